The molecule has 0 aliphatic carbocycles. The number of halogens is 1. The molecule has 0 radical (unpaired) electrons. The molecule has 3 N–H and O–H groups in total. The van der Waals surface area contributed by atoms with Crippen LogP contribution in [0.25, 0.3) is 0 Å². The van der Waals surface area contributed by atoms with E-state index in [1.54, 1.807) is 0 Å². The van der Waals surface area contributed by atoms with Gasteiger partial charge in [-0.25, -0.2) is 4.39 Å². The third-order valence-electron chi connectivity index (χ3n) is 0.428. The van der Waals surface area contributed by atoms with Crippen molar-refractivity contribution in [3.63, 3.8) is 0 Å². The van der Waals surface area contributed by atoms with E-state index < -0.39 is 20.5 Å². The Labute approximate surface area is 50.6 Å². The molecule has 0 saturated heterocycles. The van der Waals surface area contributed by atoms with E-state index in [-0.39, 0.29) is 0 Å². The maximum atomic E-state index is 11.7. The summed E-state index contributed by atoms with van der Waals surface area (Å²) in [6, 6.07) is 0. The summed E-state index contributed by atoms with van der Waals surface area (Å²) in [5.74, 6) is -1.41. The van der Waals surface area contributed by atoms with E-state index in [1.807, 2.05) is 0 Å². The lowest BCUT2D eigenvalue weighted by Crippen LogP contribution is -2.24. The molecule has 0 aromatic rings. The van der Waals surface area contributed by atoms with Gasteiger partial charge in [0.2, 0.25) is 0 Å². The highest BCUT2D eigenvalue weighted by molar-refractivity contribution is 7.32. The molecule has 0 bridgehead atoms. The Balaban J connectivity index is 3.63. The molecule has 1 amide bonds. The van der Waals surface area contributed by atoms with E-state index in [1.165, 1.54) is 0 Å². The van der Waals surface area contributed by atoms with Crippen molar-refractivity contribution in [1.29, 1.82) is 0 Å². The molecule has 54 valence electrons. The summed E-state index contributed by atoms with van der Waals surface area (Å²) in [5.41, 5.74) is 4.31. The van der Waals surface area contributed by atoms with Gasteiger partial charge in [-0.3, -0.25) is 13.9 Å². The molecule has 0 spiro atoms. The van der Waals surface area contributed by atoms with E-state index in [4.69, 9.17) is 4.89 Å². The first kappa shape index (κ1) is 8.55. The number of amides is 1. The molecule has 0 fully saturated rings. The summed E-state index contributed by atoms with van der Waals surface area (Å²) in [6.07, 6.45) is -2.48. The first-order valence-electron chi connectivity index (χ1n) is 1.87. The van der Waals surface area contributed by atoms with Gasteiger partial charge < -0.3 is 10.6 Å². The van der Waals surface area contributed by atoms with Gasteiger partial charge in [0.1, 0.15) is 0 Å². The summed E-state index contributed by atoms with van der Waals surface area (Å²) in [5, 5.41) is 0. The lowest BCUT2D eigenvalue weighted by molar-refractivity contribution is -0.132. The highest BCUT2D eigenvalue weighted by Crippen LogP contribution is 2.17. The number of alkyl halides is 1. The van der Waals surface area contributed by atoms with Crippen molar-refractivity contribution < 1.29 is 23.2 Å². The summed E-state index contributed by atoms with van der Waals surface area (Å²) in [6.45, 7) is 0. The zero-order valence-electron chi connectivity index (χ0n) is 4.20. The first-order chi connectivity index (χ1) is 4.04. The topological polar surface area (TPSA) is 89.6 Å². The van der Waals surface area contributed by atoms with Crippen molar-refractivity contribution in [1.82, 2.24) is 0 Å². The van der Waals surface area contributed by atoms with Gasteiger partial charge >= 0.3 is 8.25 Å². The Morgan fingerprint density at radius 1 is 1.89 bits per heavy atom. The van der Waals surface area contributed by atoms with Crippen LogP contribution in [0.2, 0.25) is 0 Å². The monoisotopic (exact) mass is 157 g/mol. The highest BCUT2D eigenvalue weighted by Gasteiger charge is 2.14. The van der Waals surface area contributed by atoms with E-state index in [2.05, 4.69) is 10.3 Å². The van der Waals surface area contributed by atoms with Crippen molar-refractivity contribution in [2.45, 2.75) is 6.36 Å². The molecule has 2 atom stereocenters. The maximum absolute atomic E-state index is 11.7. The van der Waals surface area contributed by atoms with E-state index >= 15 is 0 Å². The fraction of sp³-hybridized carbons (Fsp3) is 0.500. The van der Waals surface area contributed by atoms with Crippen LogP contribution in [0.15, 0.2) is 0 Å². The van der Waals surface area contributed by atoms with Crippen LogP contribution in [-0.2, 0) is 13.9 Å². The van der Waals surface area contributed by atoms with Crippen molar-refractivity contribution in [3.05, 3.63) is 0 Å². The van der Waals surface area contributed by atoms with Crippen LogP contribution in [0.1, 0.15) is 0 Å². The molecule has 9 heavy (non-hydrogen) atoms. The van der Waals surface area contributed by atoms with E-state index in [0.717, 1.165) is 0 Å². The second kappa shape index (κ2) is 3.55. The minimum atomic E-state index is -3.40. The molecule has 0 aliphatic rings. The number of carbonyl (C=O) groups excluding carboxylic acids is 1. The van der Waals surface area contributed by atoms with Crippen molar-refractivity contribution >= 4 is 14.2 Å². The quantitative estimate of drug-likeness (QED) is 0.523. The third kappa shape index (κ3) is 4.08. The molecule has 0 rings (SSSR count). The highest BCUT2D eigenvalue weighted by atomic mass is 31.1. The number of hydrogen-bond donors (Lipinski definition) is 2. The van der Waals surface area contributed by atoms with Crippen LogP contribution >= 0.6 is 8.25 Å². The number of nitrogens with two attached hydrogens (primary N) is 1. The fourth-order valence-corrected chi connectivity index (χ4v) is 0.440. The van der Waals surface area contributed by atoms with Gasteiger partial charge in [0.05, 0.1) is 0 Å². The molecule has 0 heterocycles. The number of rotatable bonds is 3. The summed E-state index contributed by atoms with van der Waals surface area (Å²) in [7, 11) is -3.40. The molecular formula is C2H5FNO4P. The fourth-order valence-electron chi connectivity index (χ4n) is 0.147. The normalized spacial score (nSPS) is 16.7. The summed E-state index contributed by atoms with van der Waals surface area (Å²) >= 11 is 0. The largest absolute Gasteiger partial charge is 0.365 e. The zero-order chi connectivity index (χ0) is 7.44. The van der Waals surface area contributed by atoms with Crippen LogP contribution < -0.4 is 5.73 Å². The zero-order valence-corrected chi connectivity index (χ0v) is 5.20. The van der Waals surface area contributed by atoms with Crippen molar-refractivity contribution in [3.8, 4) is 0 Å². The summed E-state index contributed by atoms with van der Waals surface area (Å²) in [4.78, 5) is 17.6. The minimum absolute atomic E-state index is 1.41. The number of carbonyl (C=O) groups is 1. The Bertz CT molecular complexity index is 139. The van der Waals surface area contributed by atoms with Gasteiger partial charge in [0.15, 0.2) is 0 Å². The van der Waals surface area contributed by atoms with Crippen LogP contribution in [0.4, 0.5) is 4.39 Å². The van der Waals surface area contributed by atoms with Crippen LogP contribution in [0, 0.1) is 0 Å². The van der Waals surface area contributed by atoms with E-state index in [0.29, 0.717) is 0 Å². The van der Waals surface area contributed by atoms with E-state index in [9.17, 15) is 13.8 Å². The molecule has 2 unspecified atom stereocenters. The average molecular weight is 157 g/mol. The van der Waals surface area contributed by atoms with Gasteiger partial charge in [0, 0.05) is 0 Å². The van der Waals surface area contributed by atoms with Gasteiger partial charge in [-0.2, -0.15) is 0 Å². The Morgan fingerprint density at radius 2 is 2.33 bits per heavy atom. The van der Waals surface area contributed by atoms with Crippen LogP contribution in [-0.4, -0.2) is 17.2 Å². The van der Waals surface area contributed by atoms with Crippen LogP contribution in [0.3, 0.4) is 0 Å². The van der Waals surface area contributed by atoms with Crippen molar-refractivity contribution in [2.75, 3.05) is 0 Å². The average Bonchev–Trinajstić information content (AvgIpc) is 1.63. The molecular weight excluding hydrogens is 152 g/mol. The van der Waals surface area contributed by atoms with Gasteiger partial charge in [-0.1, -0.05) is 0 Å². The lowest BCUT2D eigenvalue weighted by atomic mass is 10.7. The molecule has 0 aromatic heterocycles. The lowest BCUT2D eigenvalue weighted by Gasteiger charge is -1.99. The maximum Gasteiger partial charge on any atom is 0.319 e. The first-order valence-corrected chi connectivity index (χ1v) is 3.13. The standard InChI is InChI=1S/C2H5FNO4P/c3-1(2(4)5)8-9(6)7/h1,9H,(H2,4,5)(H,6,7). The Morgan fingerprint density at radius 3 is 2.44 bits per heavy atom. The second-order valence-corrected chi connectivity index (χ2v) is 1.87. The third-order valence-corrected chi connectivity index (χ3v) is 0.837. The molecule has 0 saturated carbocycles. The minimum Gasteiger partial charge on any atom is -0.365 e. The smallest absolute Gasteiger partial charge is 0.319 e. The van der Waals surface area contributed by atoms with Gasteiger partial charge in [-0.15, -0.1) is 0 Å². The van der Waals surface area contributed by atoms with Crippen LogP contribution in [0.5, 0.6) is 0 Å². The predicted molar refractivity (Wildman–Crippen MR) is 26.4 cm³/mol. The molecule has 0 aliphatic heterocycles. The molecule has 0 aromatic carbocycles. The van der Waals surface area contributed by atoms with Gasteiger partial charge in [-0.05, 0) is 0 Å². The number of hydrogen-bond acceptors (Lipinski definition) is 3. The van der Waals surface area contributed by atoms with Crippen molar-refractivity contribution in [2.24, 2.45) is 5.73 Å². The summed E-state index contributed by atoms with van der Waals surface area (Å²) < 4.78 is 24.8. The molecule has 5 nitrogen and oxygen atoms in total. The SMILES string of the molecule is NC(=O)C(F)O[PH](=O)O. The number of primary amides is 1. The van der Waals surface area contributed by atoms with Gasteiger partial charge in [0.25, 0.3) is 12.3 Å². The Kier molecular flexibility index (Phi) is 3.37. The molecule has 7 heteroatoms. The Hall–Kier alpha value is -0.450. The second-order valence-electron chi connectivity index (χ2n) is 1.10. The predicted octanol–water partition coefficient (Wildman–Crippen LogP) is -0.834.